The van der Waals surface area contributed by atoms with Gasteiger partial charge in [-0.1, -0.05) is 38.1 Å². The number of aromatic nitrogens is 3. The van der Waals surface area contributed by atoms with Gasteiger partial charge in [0, 0.05) is 76.8 Å². The van der Waals surface area contributed by atoms with Crippen LogP contribution in [0.5, 0.6) is 0 Å². The van der Waals surface area contributed by atoms with Gasteiger partial charge in [-0.2, -0.15) is 0 Å². The van der Waals surface area contributed by atoms with Gasteiger partial charge in [0.05, 0.1) is 52.1 Å². The molecule has 1 aromatic carbocycles. The molecule has 5 N–H and O–H groups in total. The number of rotatable bonds is 18. The average molecular weight is 1100 g/mol. The van der Waals surface area contributed by atoms with Crippen molar-refractivity contribution in [2.75, 3.05) is 48.1 Å². The number of esters is 1. The molecule has 1 aliphatic carbocycles. The number of nitrogens with one attached hydrogen (secondary N) is 1. The molecule has 0 radical (unpaired) electrons. The van der Waals surface area contributed by atoms with Gasteiger partial charge < -0.3 is 63.4 Å². The number of aliphatic hydroxyl groups excluding tert-OH is 2. The number of carbonyl (C=O) groups is 1. The summed E-state index contributed by atoms with van der Waals surface area (Å²) in [5, 5.41) is 56.2. The molecular weight excluding hydrogens is 1010 g/mol. The maximum absolute atomic E-state index is 14.9. The number of likely N-dealkylation sites (N-methyl/N-ethyl adjacent to an activating group) is 2. The molecule has 0 amide bonds. The molecule has 20 nitrogen and oxygen atoms in total. The van der Waals surface area contributed by atoms with Crippen LogP contribution in [0.1, 0.15) is 138 Å². The van der Waals surface area contributed by atoms with E-state index in [9.17, 15) is 38.0 Å². The Kier molecular flexibility index (Phi) is 21.1. The normalized spacial score (nSPS) is 38.8. The summed E-state index contributed by atoms with van der Waals surface area (Å²) >= 11 is 0. The maximum atomic E-state index is 14.9. The van der Waals surface area contributed by atoms with Crippen LogP contribution < -0.4 is 4.72 Å². The highest BCUT2D eigenvalue weighted by molar-refractivity contribution is 7.89. The first-order chi connectivity index (χ1) is 35.6. The first-order valence-electron chi connectivity index (χ1n) is 27.3. The summed E-state index contributed by atoms with van der Waals surface area (Å²) in [5.74, 6) is -2.63. The van der Waals surface area contributed by atoms with Crippen molar-refractivity contribution in [3.8, 4) is 0 Å². The van der Waals surface area contributed by atoms with Gasteiger partial charge in [-0.15, -0.1) is 5.10 Å². The van der Waals surface area contributed by atoms with Crippen LogP contribution in [0.4, 0.5) is 4.39 Å². The quantitative estimate of drug-likeness (QED) is 0.129. The lowest BCUT2D eigenvalue weighted by molar-refractivity contribution is -0.308. The third-order valence-corrected chi connectivity index (χ3v) is 18.4. The molecular formula is C54H91FN6O14S. The lowest BCUT2D eigenvalue weighted by Gasteiger charge is -2.48. The van der Waals surface area contributed by atoms with E-state index in [0.717, 1.165) is 12.8 Å². The summed E-state index contributed by atoms with van der Waals surface area (Å²) in [7, 11) is 3.17. The van der Waals surface area contributed by atoms with E-state index in [1.54, 1.807) is 59.9 Å². The largest absolute Gasteiger partial charge is 0.459 e. The van der Waals surface area contributed by atoms with Crippen molar-refractivity contribution < 1.29 is 71.2 Å². The minimum atomic E-state index is -3.67. The maximum Gasteiger partial charge on any atom is 0.311 e. The van der Waals surface area contributed by atoms with Crippen LogP contribution in [0.25, 0.3) is 0 Å². The van der Waals surface area contributed by atoms with Crippen LogP contribution >= 0.6 is 0 Å². The molecule has 1 aromatic heterocycles. The SMILES string of the molecule is CC[C@H]1OC(=O)[C@H](C)[C@@H](O[C@H]2C[C@@](C)(OC)[C@@H](O)[C@H](C)O2)[C@H](C)[C@@H](O[C@H]2C[C@@H](N(C)CCc3cn([C@H](CF)[C@H](OC)c4ccc(S(=O)(=O)NC5CC5)cc4)nn3)C[C@@H](C)O2)[C@](C)(O)C[C@@H](C)CN(C)[C@H](C)[C@@H](O)[C@]1(C)O. The number of hydrogen-bond acceptors (Lipinski definition) is 18. The average Bonchev–Trinajstić information content (AvgIpc) is 4.06. The Morgan fingerprint density at radius 2 is 1.63 bits per heavy atom. The van der Waals surface area contributed by atoms with Crippen LogP contribution in [0.15, 0.2) is 35.4 Å². The highest BCUT2D eigenvalue weighted by Crippen LogP contribution is 2.41. The molecule has 0 bridgehead atoms. The minimum absolute atomic E-state index is 0.0384. The lowest BCUT2D eigenvalue weighted by Crippen LogP contribution is -2.59. The fraction of sp³-hybridized carbons (Fsp3) is 0.833. The number of methoxy groups -OCH3 is 2. The van der Waals surface area contributed by atoms with Crippen LogP contribution in [-0.4, -0.2) is 198 Å². The van der Waals surface area contributed by atoms with Crippen LogP contribution in [0, 0.1) is 17.8 Å². The van der Waals surface area contributed by atoms with Crippen molar-refractivity contribution in [3.63, 3.8) is 0 Å². The van der Waals surface area contributed by atoms with Crippen LogP contribution in [-0.2, 0) is 54.4 Å². The molecule has 0 spiro atoms. The van der Waals surface area contributed by atoms with Gasteiger partial charge in [0.25, 0.3) is 0 Å². The number of aliphatic hydroxyl groups is 4. The fourth-order valence-corrected chi connectivity index (χ4v) is 13.1. The second-order valence-electron chi connectivity index (χ2n) is 23.4. The molecule has 76 heavy (non-hydrogen) atoms. The van der Waals surface area contributed by atoms with Gasteiger partial charge in [0.15, 0.2) is 12.6 Å². The highest BCUT2D eigenvalue weighted by atomic mass is 32.2. The van der Waals surface area contributed by atoms with E-state index in [4.69, 9.17) is 33.2 Å². The molecule has 6 rings (SSSR count). The van der Waals surface area contributed by atoms with E-state index in [2.05, 4.69) is 19.9 Å². The third-order valence-electron chi connectivity index (χ3n) is 16.8. The lowest BCUT2D eigenvalue weighted by atomic mass is 9.77. The van der Waals surface area contributed by atoms with Crippen LogP contribution in [0.2, 0.25) is 0 Å². The third kappa shape index (κ3) is 14.8. The molecule has 3 saturated heterocycles. The van der Waals surface area contributed by atoms with Crippen LogP contribution in [0.3, 0.4) is 0 Å². The molecule has 22 heteroatoms. The monoisotopic (exact) mass is 1100 g/mol. The minimum Gasteiger partial charge on any atom is -0.459 e. The standard InChI is InChI=1S/C54H91FN6O14S/c1-15-43-54(10,66)48(62)35(6)60(12)29-31(2)26-52(8,65)50(33(4)46(34(5)51(64)73-43)74-45-27-53(9,70-14)49(63)36(7)72-45)75-44-25-40(24-32(3)71-44)59(11)23-22-39-30-61(58-56-39)42(28-55)47(69-13)37-16-20-41(21-17-37)76(67,68)57-38-18-19-38/h16-17,20-21,30-36,38,40,42-50,57,62-63,65-66H,15,18-19,22-29H2,1-14H3/t31-,32-,33+,34-,35-,36+,40+,42-,43-,44+,45+,46+,47-,48-,49+,50-,52-,53-,54-/m1/s1. The van der Waals surface area contributed by atoms with E-state index in [1.165, 1.54) is 38.0 Å². The first-order valence-corrected chi connectivity index (χ1v) is 28.8. The summed E-state index contributed by atoms with van der Waals surface area (Å²) in [6.45, 7) is 17.9. The van der Waals surface area contributed by atoms with E-state index >= 15 is 0 Å². The van der Waals surface area contributed by atoms with Gasteiger partial charge in [0.2, 0.25) is 10.0 Å². The molecule has 1 saturated carbocycles. The van der Waals surface area contributed by atoms with Crippen molar-refractivity contribution in [3.05, 3.63) is 41.7 Å². The number of benzene rings is 1. The van der Waals surface area contributed by atoms with Crippen molar-refractivity contribution in [2.24, 2.45) is 17.8 Å². The first kappa shape index (κ1) is 62.4. The van der Waals surface area contributed by atoms with Crippen molar-refractivity contribution in [1.82, 2.24) is 29.5 Å². The van der Waals surface area contributed by atoms with E-state index in [-0.39, 0.29) is 48.3 Å². The number of halogens is 1. The Morgan fingerprint density at radius 1 is 0.961 bits per heavy atom. The van der Waals surface area contributed by atoms with Crippen molar-refractivity contribution in [2.45, 2.75) is 228 Å². The fourth-order valence-electron chi connectivity index (χ4n) is 11.8. The van der Waals surface area contributed by atoms with E-state index in [0.29, 0.717) is 43.6 Å². The number of nitrogens with zero attached hydrogens (tertiary/aromatic N) is 5. The summed E-state index contributed by atoms with van der Waals surface area (Å²) in [4.78, 5) is 18.8. The van der Waals surface area contributed by atoms with Gasteiger partial charge in [0.1, 0.15) is 42.7 Å². The number of alkyl halides is 1. The number of carbonyl (C=O) groups excluding carboxylic acids is 1. The number of ether oxygens (including phenoxy) is 7. The summed E-state index contributed by atoms with van der Waals surface area (Å²) in [6.07, 6.45) is -3.49. The number of cyclic esters (lactones) is 1. The Labute approximate surface area is 450 Å². The zero-order valence-corrected chi connectivity index (χ0v) is 48.2. The molecule has 4 aliphatic rings. The topological polar surface area (TPSA) is 246 Å². The molecule has 0 unspecified atom stereocenters. The summed E-state index contributed by atoms with van der Waals surface area (Å²) in [5.41, 5.74) is -3.22. The smallest absolute Gasteiger partial charge is 0.311 e. The predicted octanol–water partition coefficient (Wildman–Crippen LogP) is 4.47. The zero-order chi connectivity index (χ0) is 56.2. The molecule has 4 heterocycles. The number of hydrogen-bond donors (Lipinski definition) is 5. The Hall–Kier alpha value is -2.81. The molecule has 3 aliphatic heterocycles. The second-order valence-corrected chi connectivity index (χ2v) is 25.1. The Bertz CT molecular complexity index is 2280. The van der Waals surface area contributed by atoms with Crippen molar-refractivity contribution >= 4 is 16.0 Å². The van der Waals surface area contributed by atoms with Gasteiger partial charge in [-0.25, -0.2) is 22.2 Å². The van der Waals surface area contributed by atoms with E-state index < -0.39 is 119 Å². The zero-order valence-electron chi connectivity index (χ0n) is 47.4. The molecule has 434 valence electrons. The predicted molar refractivity (Wildman–Crippen MR) is 280 cm³/mol. The second kappa shape index (κ2) is 25.8. The highest BCUT2D eigenvalue weighted by Gasteiger charge is 2.52. The van der Waals surface area contributed by atoms with Gasteiger partial charge >= 0.3 is 5.97 Å². The Morgan fingerprint density at radius 3 is 2.24 bits per heavy atom. The van der Waals surface area contributed by atoms with Crippen molar-refractivity contribution in [1.29, 1.82) is 0 Å². The number of sulfonamides is 1. The van der Waals surface area contributed by atoms with Gasteiger partial charge in [-0.05, 0) is 118 Å². The van der Waals surface area contributed by atoms with Gasteiger partial charge in [-0.3, -0.25) is 4.79 Å². The summed E-state index contributed by atoms with van der Waals surface area (Å²) < 4.78 is 89.0. The molecule has 19 atom stereocenters. The Balaban J connectivity index is 1.22. The van der Waals surface area contributed by atoms with E-state index in [1.807, 2.05) is 39.8 Å². The molecule has 2 aromatic rings. The molecule has 4 fully saturated rings. The summed E-state index contributed by atoms with van der Waals surface area (Å²) in [6, 6.07) is 4.72.